The van der Waals surface area contributed by atoms with E-state index in [9.17, 15) is 0 Å². The van der Waals surface area contributed by atoms with Crippen LogP contribution in [0.15, 0.2) is 12.7 Å². The standard InChI is InChI=1S/C13H23NO/c1-3-5-9-14-11-10-12(15-4-2)13(11)7-6-8-13/h3,11-12,14H,1,4-10H2,2H3. The molecule has 0 aliphatic heterocycles. The van der Waals surface area contributed by atoms with Gasteiger partial charge in [0.05, 0.1) is 6.10 Å². The minimum atomic E-state index is 0.511. The first-order valence-electron chi connectivity index (χ1n) is 6.29. The molecule has 1 spiro atoms. The summed E-state index contributed by atoms with van der Waals surface area (Å²) in [5.41, 5.74) is 0.511. The summed E-state index contributed by atoms with van der Waals surface area (Å²) in [6.07, 6.45) is 8.93. The van der Waals surface area contributed by atoms with Gasteiger partial charge in [-0.2, -0.15) is 0 Å². The second-order valence-corrected chi connectivity index (χ2v) is 4.85. The molecule has 2 aliphatic carbocycles. The Labute approximate surface area is 93.1 Å². The zero-order chi connectivity index (χ0) is 10.7. The molecule has 2 nitrogen and oxygen atoms in total. The third-order valence-corrected chi connectivity index (χ3v) is 4.18. The van der Waals surface area contributed by atoms with Gasteiger partial charge in [-0.15, -0.1) is 6.58 Å². The van der Waals surface area contributed by atoms with Crippen LogP contribution in [0.4, 0.5) is 0 Å². The molecule has 2 unspecified atom stereocenters. The first-order chi connectivity index (χ1) is 7.33. The van der Waals surface area contributed by atoms with Crippen LogP contribution in [0.25, 0.3) is 0 Å². The molecule has 0 radical (unpaired) electrons. The Morgan fingerprint density at radius 1 is 1.53 bits per heavy atom. The first kappa shape index (κ1) is 11.2. The maximum absolute atomic E-state index is 5.81. The molecule has 2 rings (SSSR count). The molecule has 0 heterocycles. The Kier molecular flexibility index (Phi) is 3.47. The SMILES string of the molecule is C=CCCNC1CC(OCC)C12CCC2. The molecule has 1 N–H and O–H groups in total. The summed E-state index contributed by atoms with van der Waals surface area (Å²) in [6, 6.07) is 0.711. The van der Waals surface area contributed by atoms with E-state index in [1.54, 1.807) is 0 Å². The second-order valence-electron chi connectivity index (χ2n) is 4.85. The topological polar surface area (TPSA) is 21.3 Å². The fourth-order valence-electron chi connectivity index (χ4n) is 3.08. The summed E-state index contributed by atoms with van der Waals surface area (Å²) in [6.45, 7) is 7.80. The quantitative estimate of drug-likeness (QED) is 0.536. The Morgan fingerprint density at radius 2 is 2.33 bits per heavy atom. The molecule has 0 bridgehead atoms. The molecule has 2 atom stereocenters. The fraction of sp³-hybridized carbons (Fsp3) is 0.846. The van der Waals surface area contributed by atoms with Crippen molar-refractivity contribution in [2.24, 2.45) is 5.41 Å². The van der Waals surface area contributed by atoms with E-state index in [2.05, 4.69) is 18.8 Å². The lowest BCUT2D eigenvalue weighted by Crippen LogP contribution is -2.66. The Hall–Kier alpha value is -0.340. The molecule has 0 aromatic heterocycles. The molecule has 0 saturated heterocycles. The van der Waals surface area contributed by atoms with E-state index >= 15 is 0 Å². The van der Waals surface area contributed by atoms with Gasteiger partial charge in [0.25, 0.3) is 0 Å². The smallest absolute Gasteiger partial charge is 0.0661 e. The third kappa shape index (κ3) is 1.85. The van der Waals surface area contributed by atoms with Crippen molar-refractivity contribution in [3.8, 4) is 0 Å². The monoisotopic (exact) mass is 209 g/mol. The number of nitrogens with one attached hydrogen (secondary N) is 1. The van der Waals surface area contributed by atoms with Crippen molar-refractivity contribution in [1.82, 2.24) is 5.32 Å². The minimum absolute atomic E-state index is 0.511. The highest BCUT2D eigenvalue weighted by Gasteiger charge is 2.58. The molecule has 2 fully saturated rings. The number of hydrogen-bond donors (Lipinski definition) is 1. The molecular formula is C13H23NO. The van der Waals surface area contributed by atoms with Crippen LogP contribution in [-0.2, 0) is 4.74 Å². The fourth-order valence-corrected chi connectivity index (χ4v) is 3.08. The van der Waals surface area contributed by atoms with Gasteiger partial charge in [0.15, 0.2) is 0 Å². The van der Waals surface area contributed by atoms with Gasteiger partial charge in [-0.1, -0.05) is 12.5 Å². The van der Waals surface area contributed by atoms with E-state index < -0.39 is 0 Å². The molecule has 2 aliphatic rings. The van der Waals surface area contributed by atoms with Crippen LogP contribution in [0.3, 0.4) is 0 Å². The van der Waals surface area contributed by atoms with Crippen LogP contribution in [0.5, 0.6) is 0 Å². The Morgan fingerprint density at radius 3 is 2.87 bits per heavy atom. The highest BCUT2D eigenvalue weighted by atomic mass is 16.5. The van der Waals surface area contributed by atoms with Gasteiger partial charge >= 0.3 is 0 Å². The van der Waals surface area contributed by atoms with Crippen molar-refractivity contribution >= 4 is 0 Å². The molecule has 0 aromatic rings. The summed E-state index contributed by atoms with van der Waals surface area (Å²) in [5, 5.41) is 3.65. The van der Waals surface area contributed by atoms with Crippen LogP contribution in [0.2, 0.25) is 0 Å². The molecule has 0 amide bonds. The Bertz CT molecular complexity index is 223. The van der Waals surface area contributed by atoms with Crippen molar-refractivity contribution in [3.05, 3.63) is 12.7 Å². The van der Waals surface area contributed by atoms with Gasteiger partial charge in [-0.05, 0) is 39.2 Å². The zero-order valence-corrected chi connectivity index (χ0v) is 9.80. The maximum atomic E-state index is 5.81. The van der Waals surface area contributed by atoms with E-state index in [1.165, 1.54) is 25.7 Å². The third-order valence-electron chi connectivity index (χ3n) is 4.18. The molecule has 15 heavy (non-hydrogen) atoms. The summed E-state index contributed by atoms with van der Waals surface area (Å²) < 4.78 is 5.81. The number of ether oxygens (including phenoxy) is 1. The minimum Gasteiger partial charge on any atom is -0.378 e. The van der Waals surface area contributed by atoms with Gasteiger partial charge in [0, 0.05) is 18.1 Å². The second kappa shape index (κ2) is 4.67. The molecule has 2 saturated carbocycles. The van der Waals surface area contributed by atoms with Crippen LogP contribution in [0.1, 0.15) is 39.0 Å². The molecule has 86 valence electrons. The van der Waals surface area contributed by atoms with Gasteiger partial charge in [0.2, 0.25) is 0 Å². The molecule has 0 aromatic carbocycles. The predicted octanol–water partition coefficient (Wildman–Crippen LogP) is 2.50. The number of rotatable bonds is 6. The van der Waals surface area contributed by atoms with Crippen molar-refractivity contribution in [2.75, 3.05) is 13.2 Å². The summed E-state index contributed by atoms with van der Waals surface area (Å²) >= 11 is 0. The highest BCUT2D eigenvalue weighted by molar-refractivity contribution is 5.12. The summed E-state index contributed by atoms with van der Waals surface area (Å²) in [5.74, 6) is 0. The van der Waals surface area contributed by atoms with Crippen LogP contribution < -0.4 is 5.32 Å². The lowest BCUT2D eigenvalue weighted by atomic mass is 9.51. The van der Waals surface area contributed by atoms with Crippen molar-refractivity contribution < 1.29 is 4.74 Å². The van der Waals surface area contributed by atoms with E-state index in [4.69, 9.17) is 4.74 Å². The average Bonchev–Trinajstić information content (AvgIpc) is 2.12. The van der Waals surface area contributed by atoms with Crippen LogP contribution in [-0.4, -0.2) is 25.3 Å². The van der Waals surface area contributed by atoms with E-state index in [-0.39, 0.29) is 0 Å². The van der Waals surface area contributed by atoms with E-state index in [0.717, 1.165) is 19.6 Å². The molecular weight excluding hydrogens is 186 g/mol. The lowest BCUT2D eigenvalue weighted by molar-refractivity contribution is -0.172. The van der Waals surface area contributed by atoms with Crippen LogP contribution in [0, 0.1) is 5.41 Å². The Balaban J connectivity index is 1.80. The maximum Gasteiger partial charge on any atom is 0.0661 e. The molecule has 2 heteroatoms. The lowest BCUT2D eigenvalue weighted by Gasteiger charge is -2.61. The summed E-state index contributed by atoms with van der Waals surface area (Å²) in [4.78, 5) is 0. The number of hydrogen-bond acceptors (Lipinski definition) is 2. The largest absolute Gasteiger partial charge is 0.378 e. The first-order valence-corrected chi connectivity index (χ1v) is 6.29. The van der Waals surface area contributed by atoms with Gasteiger partial charge < -0.3 is 10.1 Å². The van der Waals surface area contributed by atoms with Crippen molar-refractivity contribution in [2.45, 2.75) is 51.2 Å². The van der Waals surface area contributed by atoms with Gasteiger partial charge in [0.1, 0.15) is 0 Å². The predicted molar refractivity (Wildman–Crippen MR) is 62.9 cm³/mol. The van der Waals surface area contributed by atoms with E-state index in [0.29, 0.717) is 17.6 Å². The van der Waals surface area contributed by atoms with Gasteiger partial charge in [-0.25, -0.2) is 0 Å². The highest BCUT2D eigenvalue weighted by Crippen LogP contribution is 2.57. The van der Waals surface area contributed by atoms with Crippen molar-refractivity contribution in [1.29, 1.82) is 0 Å². The summed E-state index contributed by atoms with van der Waals surface area (Å²) in [7, 11) is 0. The van der Waals surface area contributed by atoms with Crippen molar-refractivity contribution in [3.63, 3.8) is 0 Å². The van der Waals surface area contributed by atoms with Gasteiger partial charge in [-0.3, -0.25) is 0 Å². The van der Waals surface area contributed by atoms with Crippen LogP contribution >= 0.6 is 0 Å². The zero-order valence-electron chi connectivity index (χ0n) is 9.80. The van der Waals surface area contributed by atoms with E-state index in [1.807, 2.05) is 6.08 Å². The average molecular weight is 209 g/mol. The normalized spacial score (nSPS) is 32.1.